The standard InChI is InChI=1S/C27H32O13/c1-11-20(31)22(33)24(35)26(36-11)40-25-23(34)21(32)18(10-28)39-27(25)37-13-7-14(29)19-15(30)9-16(38-17(19)8-13)12-5-3-2-4-6-12/h2-8,11,16,18,20-29,31-35H,9-10H2,1H3/t11?,16-,18?,20?,21?,22?,23?,24?,25?,26?,27?/m0/s1. The van der Waals surface area contributed by atoms with E-state index in [0.717, 1.165) is 11.6 Å². The number of benzene rings is 2. The van der Waals surface area contributed by atoms with E-state index in [9.17, 15) is 40.5 Å². The highest BCUT2D eigenvalue weighted by molar-refractivity contribution is 6.02. The van der Waals surface area contributed by atoms with Crippen molar-refractivity contribution >= 4 is 5.78 Å². The first-order valence-electron chi connectivity index (χ1n) is 12.8. The molecule has 3 aliphatic heterocycles. The van der Waals surface area contributed by atoms with Crippen LogP contribution >= 0.6 is 0 Å². The number of carbonyl (C=O) groups excluding carboxylic acids is 1. The molecule has 0 aromatic heterocycles. The summed E-state index contributed by atoms with van der Waals surface area (Å²) in [6, 6.07) is 11.5. The average Bonchev–Trinajstić information content (AvgIpc) is 2.94. The minimum absolute atomic E-state index is 0.0113. The number of aliphatic hydroxyl groups excluding tert-OH is 6. The third kappa shape index (κ3) is 5.40. The molecule has 0 spiro atoms. The molecule has 0 saturated carbocycles. The fraction of sp³-hybridized carbons (Fsp3) is 0.519. The van der Waals surface area contributed by atoms with Gasteiger partial charge in [-0.1, -0.05) is 30.3 Å². The molecule has 3 heterocycles. The third-order valence-electron chi connectivity index (χ3n) is 7.32. The van der Waals surface area contributed by atoms with Crippen molar-refractivity contribution in [3.8, 4) is 17.2 Å². The molecule has 5 rings (SSSR count). The van der Waals surface area contributed by atoms with Crippen molar-refractivity contribution < 1.29 is 64.2 Å². The summed E-state index contributed by atoms with van der Waals surface area (Å²) in [7, 11) is 0. The second-order valence-electron chi connectivity index (χ2n) is 10.1. The van der Waals surface area contributed by atoms with E-state index in [1.165, 1.54) is 13.0 Å². The van der Waals surface area contributed by atoms with Crippen LogP contribution in [0, 0.1) is 0 Å². The average molecular weight is 565 g/mol. The number of ether oxygens (including phenoxy) is 5. The molecule has 218 valence electrons. The van der Waals surface area contributed by atoms with Gasteiger partial charge >= 0.3 is 0 Å². The molecule has 0 bridgehead atoms. The first-order chi connectivity index (χ1) is 19.1. The zero-order valence-electron chi connectivity index (χ0n) is 21.4. The van der Waals surface area contributed by atoms with Gasteiger partial charge in [0.15, 0.2) is 18.2 Å². The monoisotopic (exact) mass is 564 g/mol. The number of ketones is 1. The fourth-order valence-electron chi connectivity index (χ4n) is 5.05. The second-order valence-corrected chi connectivity index (χ2v) is 10.1. The van der Waals surface area contributed by atoms with Crippen molar-refractivity contribution in [1.29, 1.82) is 0 Å². The Labute approximate surface area is 228 Å². The Bertz CT molecular complexity index is 1190. The van der Waals surface area contributed by atoms with Gasteiger partial charge in [0, 0.05) is 12.1 Å². The molecule has 0 aliphatic carbocycles. The Kier molecular flexibility index (Phi) is 8.29. The molecule has 2 fully saturated rings. The van der Waals surface area contributed by atoms with Gasteiger partial charge in [0.1, 0.15) is 65.5 Å². The Morgan fingerprint density at radius 2 is 1.62 bits per heavy atom. The first kappa shape index (κ1) is 28.7. The lowest BCUT2D eigenvalue weighted by atomic mass is 9.95. The normalized spacial score (nSPS) is 37.9. The van der Waals surface area contributed by atoms with Crippen molar-refractivity contribution in [3.63, 3.8) is 0 Å². The Balaban J connectivity index is 1.41. The molecule has 0 radical (unpaired) electrons. The highest BCUT2D eigenvalue weighted by atomic mass is 16.8. The summed E-state index contributed by atoms with van der Waals surface area (Å²) in [6.45, 7) is 0.746. The maximum Gasteiger partial charge on any atom is 0.229 e. The minimum atomic E-state index is -1.73. The van der Waals surface area contributed by atoms with E-state index < -0.39 is 79.9 Å². The molecule has 13 nitrogen and oxygen atoms in total. The Morgan fingerprint density at radius 3 is 2.33 bits per heavy atom. The predicted molar refractivity (Wildman–Crippen MR) is 132 cm³/mol. The summed E-state index contributed by atoms with van der Waals surface area (Å²) in [5, 5.41) is 72.1. The number of rotatable bonds is 6. The van der Waals surface area contributed by atoms with E-state index in [2.05, 4.69) is 0 Å². The van der Waals surface area contributed by atoms with Gasteiger partial charge in [-0.25, -0.2) is 0 Å². The summed E-state index contributed by atoms with van der Waals surface area (Å²) in [5.74, 6) is -0.782. The topological polar surface area (TPSA) is 205 Å². The summed E-state index contributed by atoms with van der Waals surface area (Å²) >= 11 is 0. The molecule has 0 amide bonds. The van der Waals surface area contributed by atoms with E-state index >= 15 is 0 Å². The summed E-state index contributed by atoms with van der Waals surface area (Å²) in [4.78, 5) is 12.8. The minimum Gasteiger partial charge on any atom is -0.507 e. The smallest absolute Gasteiger partial charge is 0.229 e. The Morgan fingerprint density at radius 1 is 0.900 bits per heavy atom. The van der Waals surface area contributed by atoms with Gasteiger partial charge in [-0.3, -0.25) is 4.79 Å². The number of aliphatic hydroxyl groups is 6. The highest BCUT2D eigenvalue weighted by Gasteiger charge is 2.51. The number of hydrogen-bond donors (Lipinski definition) is 7. The SMILES string of the molecule is CC1OC(OC2C(Oc3cc(O)c4c(c3)O[C@H](c3ccccc3)CC4=O)OC(CO)C(O)C2O)C(O)C(O)C1O. The number of fused-ring (bicyclic) bond motifs is 1. The van der Waals surface area contributed by atoms with Gasteiger partial charge in [-0.2, -0.15) is 0 Å². The van der Waals surface area contributed by atoms with E-state index in [0.29, 0.717) is 0 Å². The molecule has 10 unspecified atom stereocenters. The maximum atomic E-state index is 12.8. The van der Waals surface area contributed by atoms with Crippen LogP contribution in [0.2, 0.25) is 0 Å². The zero-order valence-corrected chi connectivity index (χ0v) is 21.4. The lowest BCUT2D eigenvalue weighted by Crippen LogP contribution is -2.64. The Hall–Kier alpha value is -2.85. The quantitative estimate of drug-likeness (QED) is 0.228. The number of hydrogen-bond acceptors (Lipinski definition) is 13. The number of phenols is 1. The number of carbonyl (C=O) groups is 1. The van der Waals surface area contributed by atoms with Crippen molar-refractivity contribution in [3.05, 3.63) is 53.6 Å². The molecular formula is C27H32O13. The molecular weight excluding hydrogens is 532 g/mol. The molecule has 40 heavy (non-hydrogen) atoms. The van der Waals surface area contributed by atoms with Crippen molar-refractivity contribution in [2.45, 2.75) is 80.9 Å². The van der Waals surface area contributed by atoms with Gasteiger partial charge < -0.3 is 59.4 Å². The fourth-order valence-corrected chi connectivity index (χ4v) is 5.05. The van der Waals surface area contributed by atoms with Crippen LogP contribution in [-0.2, 0) is 14.2 Å². The largest absolute Gasteiger partial charge is 0.507 e. The van der Waals surface area contributed by atoms with Crippen molar-refractivity contribution in [2.24, 2.45) is 0 Å². The summed E-state index contributed by atoms with van der Waals surface area (Å²) in [5.41, 5.74) is 0.729. The van der Waals surface area contributed by atoms with E-state index in [1.807, 2.05) is 6.07 Å². The highest BCUT2D eigenvalue weighted by Crippen LogP contribution is 2.42. The molecule has 2 aromatic rings. The van der Waals surface area contributed by atoms with Gasteiger partial charge in [-0.05, 0) is 12.5 Å². The van der Waals surface area contributed by atoms with Crippen LogP contribution in [0.3, 0.4) is 0 Å². The van der Waals surface area contributed by atoms with E-state index in [4.69, 9.17) is 23.7 Å². The summed E-state index contributed by atoms with van der Waals surface area (Å²) < 4.78 is 28.7. The van der Waals surface area contributed by atoms with Crippen LogP contribution < -0.4 is 9.47 Å². The first-order valence-corrected chi connectivity index (χ1v) is 12.8. The van der Waals surface area contributed by atoms with Gasteiger partial charge in [0.05, 0.1) is 19.1 Å². The number of Topliss-reactive ketones (excluding diaryl/α,β-unsaturated/α-hetero) is 1. The predicted octanol–water partition coefficient (Wildman–Crippen LogP) is -0.871. The molecule has 7 N–H and O–H groups in total. The van der Waals surface area contributed by atoms with Crippen LogP contribution in [-0.4, -0.2) is 110 Å². The summed E-state index contributed by atoms with van der Waals surface area (Å²) in [6.07, 6.45) is -15.6. The molecule has 2 saturated heterocycles. The lowest BCUT2D eigenvalue weighted by molar-refractivity contribution is -0.354. The number of aromatic hydroxyl groups is 1. The van der Waals surface area contributed by atoms with Crippen LogP contribution in [0.15, 0.2) is 42.5 Å². The number of phenolic OH excluding ortho intramolecular Hbond substituents is 1. The van der Waals surface area contributed by atoms with E-state index in [-0.39, 0.29) is 29.3 Å². The van der Waals surface area contributed by atoms with Crippen LogP contribution in [0.1, 0.15) is 35.4 Å². The van der Waals surface area contributed by atoms with Crippen molar-refractivity contribution in [1.82, 2.24) is 0 Å². The second kappa shape index (κ2) is 11.6. The third-order valence-corrected chi connectivity index (χ3v) is 7.32. The van der Waals surface area contributed by atoms with E-state index in [1.54, 1.807) is 24.3 Å². The molecule has 11 atom stereocenters. The zero-order chi connectivity index (χ0) is 28.7. The molecule has 3 aliphatic rings. The van der Waals surface area contributed by atoms with Gasteiger partial charge in [0.2, 0.25) is 6.29 Å². The van der Waals surface area contributed by atoms with Crippen LogP contribution in [0.4, 0.5) is 0 Å². The van der Waals surface area contributed by atoms with Crippen LogP contribution in [0.5, 0.6) is 17.2 Å². The van der Waals surface area contributed by atoms with Gasteiger partial charge in [-0.15, -0.1) is 0 Å². The van der Waals surface area contributed by atoms with Crippen LogP contribution in [0.25, 0.3) is 0 Å². The maximum absolute atomic E-state index is 12.8. The molecule has 2 aromatic carbocycles. The molecule has 13 heteroatoms. The lowest BCUT2D eigenvalue weighted by Gasteiger charge is -2.45. The van der Waals surface area contributed by atoms with Crippen molar-refractivity contribution in [2.75, 3.05) is 6.61 Å². The van der Waals surface area contributed by atoms with Gasteiger partial charge in [0.25, 0.3) is 0 Å².